The zero-order chi connectivity index (χ0) is 13.2. The van der Waals surface area contributed by atoms with Crippen molar-refractivity contribution >= 4 is 0 Å². The molecule has 96 valence electrons. The average Bonchev–Trinajstić information content (AvgIpc) is 2.75. The average molecular weight is 248 g/mol. The van der Waals surface area contributed by atoms with Crippen LogP contribution in [-0.2, 0) is 19.1 Å². The van der Waals surface area contributed by atoms with E-state index in [0.29, 0.717) is 18.4 Å². The third kappa shape index (κ3) is 2.43. The Labute approximate surface area is 106 Å². The van der Waals surface area contributed by atoms with Gasteiger partial charge in [-0.3, -0.25) is 4.68 Å². The Morgan fingerprint density at radius 2 is 2.06 bits per heavy atom. The van der Waals surface area contributed by atoms with E-state index in [1.54, 1.807) is 22.9 Å². The lowest BCUT2D eigenvalue weighted by molar-refractivity contribution is 0.0281. The van der Waals surface area contributed by atoms with Crippen LogP contribution >= 0.6 is 0 Å². The summed E-state index contributed by atoms with van der Waals surface area (Å²) in [6, 6.07) is 8.19. The predicted molar refractivity (Wildman–Crippen MR) is 67.5 cm³/mol. The standard InChI is InChI=1S/C14H17FN2O/c1-3-14(18,10-11-8-9-17(2)16-11)12-6-4-5-7-13(12)15/h4-9,18H,3,10H2,1-2H3. The quantitative estimate of drug-likeness (QED) is 0.902. The molecule has 1 heterocycles. The van der Waals surface area contributed by atoms with Gasteiger partial charge in [0, 0.05) is 25.2 Å². The first-order valence-electron chi connectivity index (χ1n) is 6.01. The van der Waals surface area contributed by atoms with Gasteiger partial charge >= 0.3 is 0 Å². The Kier molecular flexibility index (Phi) is 3.48. The molecule has 1 unspecified atom stereocenters. The van der Waals surface area contributed by atoms with E-state index in [1.165, 1.54) is 6.07 Å². The van der Waals surface area contributed by atoms with E-state index in [0.717, 1.165) is 5.69 Å². The largest absolute Gasteiger partial charge is 0.385 e. The van der Waals surface area contributed by atoms with Crippen LogP contribution in [0, 0.1) is 5.82 Å². The number of nitrogens with zero attached hydrogens (tertiary/aromatic N) is 2. The van der Waals surface area contributed by atoms with Crippen molar-refractivity contribution in [3.8, 4) is 0 Å². The molecule has 2 aromatic rings. The van der Waals surface area contributed by atoms with Crippen molar-refractivity contribution < 1.29 is 9.50 Å². The molecule has 1 atom stereocenters. The van der Waals surface area contributed by atoms with Crippen molar-refractivity contribution in [1.82, 2.24) is 9.78 Å². The highest BCUT2D eigenvalue weighted by Crippen LogP contribution is 2.30. The molecule has 0 bridgehead atoms. The minimum absolute atomic E-state index is 0.311. The van der Waals surface area contributed by atoms with Gasteiger partial charge in [0.05, 0.1) is 11.3 Å². The van der Waals surface area contributed by atoms with Gasteiger partial charge in [-0.05, 0) is 18.6 Å². The smallest absolute Gasteiger partial charge is 0.129 e. The predicted octanol–water partition coefficient (Wildman–Crippen LogP) is 2.40. The van der Waals surface area contributed by atoms with Gasteiger partial charge in [-0.2, -0.15) is 5.10 Å². The molecule has 3 nitrogen and oxygen atoms in total. The number of hydrogen-bond donors (Lipinski definition) is 1. The lowest BCUT2D eigenvalue weighted by Crippen LogP contribution is -2.29. The first-order valence-corrected chi connectivity index (χ1v) is 6.01. The number of rotatable bonds is 4. The maximum atomic E-state index is 13.8. The second kappa shape index (κ2) is 4.90. The fourth-order valence-corrected chi connectivity index (χ4v) is 2.11. The lowest BCUT2D eigenvalue weighted by Gasteiger charge is -2.27. The molecule has 0 aliphatic heterocycles. The summed E-state index contributed by atoms with van der Waals surface area (Å²) in [4.78, 5) is 0. The van der Waals surface area contributed by atoms with Gasteiger partial charge < -0.3 is 5.11 Å². The summed E-state index contributed by atoms with van der Waals surface area (Å²) in [5.74, 6) is -0.377. The summed E-state index contributed by atoms with van der Waals surface area (Å²) in [6.45, 7) is 1.84. The first-order chi connectivity index (χ1) is 8.55. The highest BCUT2D eigenvalue weighted by Gasteiger charge is 2.31. The second-order valence-electron chi connectivity index (χ2n) is 4.52. The molecule has 18 heavy (non-hydrogen) atoms. The Balaban J connectivity index is 2.33. The van der Waals surface area contributed by atoms with Crippen LogP contribution in [0.3, 0.4) is 0 Å². The zero-order valence-electron chi connectivity index (χ0n) is 10.6. The fraction of sp³-hybridized carbons (Fsp3) is 0.357. The fourth-order valence-electron chi connectivity index (χ4n) is 2.11. The lowest BCUT2D eigenvalue weighted by atomic mass is 9.86. The summed E-state index contributed by atoms with van der Waals surface area (Å²) in [5, 5.41) is 14.9. The minimum atomic E-state index is -1.21. The van der Waals surface area contributed by atoms with Crippen molar-refractivity contribution in [2.24, 2.45) is 7.05 Å². The summed E-state index contributed by atoms with van der Waals surface area (Å²) in [5.41, 5.74) is -0.122. The van der Waals surface area contributed by atoms with Gasteiger partial charge in [-0.1, -0.05) is 25.1 Å². The van der Waals surface area contributed by atoms with Crippen molar-refractivity contribution in [2.45, 2.75) is 25.4 Å². The molecule has 1 aromatic heterocycles. The van der Waals surface area contributed by atoms with Gasteiger partial charge in [0.1, 0.15) is 5.82 Å². The summed E-state index contributed by atoms with van der Waals surface area (Å²) >= 11 is 0. The Bertz CT molecular complexity index is 538. The van der Waals surface area contributed by atoms with Crippen LogP contribution in [0.5, 0.6) is 0 Å². The number of aromatic nitrogens is 2. The van der Waals surface area contributed by atoms with Crippen LogP contribution in [0.25, 0.3) is 0 Å². The van der Waals surface area contributed by atoms with Crippen LogP contribution in [0.1, 0.15) is 24.6 Å². The van der Waals surface area contributed by atoms with Gasteiger partial charge in [0.15, 0.2) is 0 Å². The third-order valence-electron chi connectivity index (χ3n) is 3.20. The maximum Gasteiger partial charge on any atom is 0.129 e. The summed E-state index contributed by atoms with van der Waals surface area (Å²) in [7, 11) is 1.82. The Morgan fingerprint density at radius 3 is 2.61 bits per heavy atom. The second-order valence-corrected chi connectivity index (χ2v) is 4.52. The topological polar surface area (TPSA) is 38.0 Å². The summed E-state index contributed by atoms with van der Waals surface area (Å²) < 4.78 is 15.5. The molecule has 0 aliphatic rings. The molecule has 4 heteroatoms. The van der Waals surface area contributed by atoms with Crippen LogP contribution in [-0.4, -0.2) is 14.9 Å². The number of benzene rings is 1. The van der Waals surface area contributed by atoms with Crippen molar-refractivity contribution in [2.75, 3.05) is 0 Å². The van der Waals surface area contributed by atoms with E-state index >= 15 is 0 Å². The molecule has 2 rings (SSSR count). The van der Waals surface area contributed by atoms with Gasteiger partial charge in [0.25, 0.3) is 0 Å². The van der Waals surface area contributed by atoms with Crippen LogP contribution < -0.4 is 0 Å². The molecule has 1 N–H and O–H groups in total. The van der Waals surface area contributed by atoms with Crippen molar-refractivity contribution in [3.63, 3.8) is 0 Å². The molecular formula is C14H17FN2O. The molecule has 0 saturated carbocycles. The van der Waals surface area contributed by atoms with Crippen molar-refractivity contribution in [3.05, 3.63) is 53.6 Å². The Hall–Kier alpha value is -1.68. The van der Waals surface area contributed by atoms with Crippen LogP contribution in [0.4, 0.5) is 4.39 Å². The van der Waals surface area contributed by atoms with Crippen molar-refractivity contribution in [1.29, 1.82) is 0 Å². The normalized spacial score (nSPS) is 14.4. The Morgan fingerprint density at radius 1 is 1.33 bits per heavy atom. The maximum absolute atomic E-state index is 13.8. The molecule has 0 spiro atoms. The third-order valence-corrected chi connectivity index (χ3v) is 3.20. The van der Waals surface area contributed by atoms with E-state index in [4.69, 9.17) is 0 Å². The highest BCUT2D eigenvalue weighted by molar-refractivity contribution is 5.26. The molecule has 0 radical (unpaired) electrons. The molecule has 0 saturated heterocycles. The molecule has 0 amide bonds. The number of hydrogen-bond acceptors (Lipinski definition) is 2. The molecule has 1 aromatic carbocycles. The first kappa shape index (κ1) is 12.8. The molecule has 0 aliphatic carbocycles. The van der Waals surface area contributed by atoms with Gasteiger partial charge in [-0.15, -0.1) is 0 Å². The molecular weight excluding hydrogens is 231 g/mol. The van der Waals surface area contributed by atoms with E-state index in [1.807, 2.05) is 26.2 Å². The monoisotopic (exact) mass is 248 g/mol. The minimum Gasteiger partial charge on any atom is -0.385 e. The zero-order valence-corrected chi connectivity index (χ0v) is 10.6. The molecule has 0 fully saturated rings. The SMILES string of the molecule is CCC(O)(Cc1ccn(C)n1)c1ccccc1F. The van der Waals surface area contributed by atoms with E-state index in [-0.39, 0.29) is 5.82 Å². The van der Waals surface area contributed by atoms with E-state index in [2.05, 4.69) is 5.10 Å². The summed E-state index contributed by atoms with van der Waals surface area (Å²) in [6.07, 6.45) is 2.56. The number of halogens is 1. The highest BCUT2D eigenvalue weighted by atomic mass is 19.1. The van der Waals surface area contributed by atoms with Gasteiger partial charge in [-0.25, -0.2) is 4.39 Å². The number of aliphatic hydroxyl groups is 1. The van der Waals surface area contributed by atoms with Gasteiger partial charge in [0.2, 0.25) is 0 Å². The van der Waals surface area contributed by atoms with Crippen LogP contribution in [0.15, 0.2) is 36.5 Å². The van der Waals surface area contributed by atoms with E-state index in [9.17, 15) is 9.50 Å². The number of aryl methyl sites for hydroxylation is 1. The van der Waals surface area contributed by atoms with Crippen LogP contribution in [0.2, 0.25) is 0 Å². The van der Waals surface area contributed by atoms with E-state index < -0.39 is 5.60 Å².